The van der Waals surface area contributed by atoms with E-state index in [1.54, 1.807) is 36.4 Å². The summed E-state index contributed by atoms with van der Waals surface area (Å²) in [5.74, 6) is -0.256. The lowest BCUT2D eigenvalue weighted by atomic mass is 10.0. The van der Waals surface area contributed by atoms with Crippen LogP contribution in [0.15, 0.2) is 47.4 Å². The van der Waals surface area contributed by atoms with Gasteiger partial charge in [-0.3, -0.25) is 4.79 Å². The molecule has 3 rings (SSSR count). The van der Waals surface area contributed by atoms with E-state index in [-0.39, 0.29) is 16.6 Å². The molecule has 1 aliphatic heterocycles. The summed E-state index contributed by atoms with van der Waals surface area (Å²) in [6.07, 6.45) is 1.36. The number of phenols is 1. The van der Waals surface area contributed by atoms with Crippen LogP contribution in [0.5, 0.6) is 5.75 Å². The van der Waals surface area contributed by atoms with Gasteiger partial charge in [-0.15, -0.1) is 0 Å². The number of nitrogens with one attached hydrogen (secondary N) is 1. The van der Waals surface area contributed by atoms with Crippen LogP contribution in [0.1, 0.15) is 36.9 Å². The number of hydrogen-bond donors (Lipinski definition) is 2. The van der Waals surface area contributed by atoms with E-state index < -0.39 is 16.1 Å². The number of benzene rings is 2. The second-order valence-corrected chi connectivity index (χ2v) is 8.43. The van der Waals surface area contributed by atoms with Gasteiger partial charge in [0.15, 0.2) is 0 Å². The van der Waals surface area contributed by atoms with E-state index in [1.165, 1.54) is 17.3 Å². The van der Waals surface area contributed by atoms with Gasteiger partial charge in [0, 0.05) is 30.8 Å². The largest absolute Gasteiger partial charge is 0.508 e. The van der Waals surface area contributed by atoms with Gasteiger partial charge in [-0.25, -0.2) is 8.42 Å². The minimum Gasteiger partial charge on any atom is -0.508 e. The first-order chi connectivity index (χ1) is 12.3. The van der Waals surface area contributed by atoms with Crippen LogP contribution in [0.25, 0.3) is 0 Å². The number of rotatable bonds is 4. The summed E-state index contributed by atoms with van der Waals surface area (Å²) >= 11 is 0. The van der Waals surface area contributed by atoms with Crippen molar-refractivity contribution in [1.29, 1.82) is 0 Å². The van der Waals surface area contributed by atoms with Crippen molar-refractivity contribution in [1.82, 2.24) is 4.31 Å². The topological polar surface area (TPSA) is 86.7 Å². The number of sulfonamides is 1. The highest BCUT2D eigenvalue weighted by atomic mass is 32.2. The number of hydrogen-bond acceptors (Lipinski definition) is 4. The Morgan fingerprint density at radius 1 is 1.19 bits per heavy atom. The first-order valence-electron chi connectivity index (χ1n) is 8.48. The molecular formula is C19H22N2O4S. The summed E-state index contributed by atoms with van der Waals surface area (Å²) in [4.78, 5) is 11.4. The molecule has 2 aromatic carbocycles. The molecule has 0 aliphatic carbocycles. The monoisotopic (exact) mass is 374 g/mol. The fourth-order valence-corrected chi connectivity index (χ4v) is 4.96. The van der Waals surface area contributed by atoms with Gasteiger partial charge >= 0.3 is 0 Å². The van der Waals surface area contributed by atoms with E-state index in [9.17, 15) is 18.3 Å². The maximum atomic E-state index is 13.0. The number of amides is 1. The first-order valence-corrected chi connectivity index (χ1v) is 9.92. The van der Waals surface area contributed by atoms with Crippen molar-refractivity contribution in [2.75, 3.05) is 11.9 Å². The van der Waals surface area contributed by atoms with Crippen LogP contribution in [0.2, 0.25) is 0 Å². The second-order valence-electron chi connectivity index (χ2n) is 6.54. The molecule has 26 heavy (non-hydrogen) atoms. The predicted molar refractivity (Wildman–Crippen MR) is 99.5 cm³/mol. The van der Waals surface area contributed by atoms with E-state index in [0.29, 0.717) is 24.2 Å². The summed E-state index contributed by atoms with van der Waals surface area (Å²) < 4.78 is 27.5. The van der Waals surface area contributed by atoms with Crippen molar-refractivity contribution >= 4 is 21.6 Å². The molecule has 0 bridgehead atoms. The van der Waals surface area contributed by atoms with Gasteiger partial charge < -0.3 is 10.4 Å². The van der Waals surface area contributed by atoms with Crippen molar-refractivity contribution in [3.8, 4) is 5.75 Å². The summed E-state index contributed by atoms with van der Waals surface area (Å²) in [6.45, 7) is 3.70. The molecule has 1 fully saturated rings. The van der Waals surface area contributed by atoms with Gasteiger partial charge in [-0.2, -0.15) is 4.31 Å². The first kappa shape index (κ1) is 18.4. The Morgan fingerprint density at radius 3 is 2.50 bits per heavy atom. The molecule has 1 unspecified atom stereocenters. The lowest BCUT2D eigenvalue weighted by Gasteiger charge is -2.25. The molecule has 0 spiro atoms. The van der Waals surface area contributed by atoms with E-state index in [1.807, 2.05) is 6.92 Å². The standard InChI is InChI=1S/C19H22N2O4S/c1-13-5-8-16(9-6-13)26(24,25)21-11-3-4-18(21)17-10-7-15(12-19(17)23)20-14(2)22/h5-10,12,18,23H,3-4,11H2,1-2H3,(H,20,22). The third-order valence-corrected chi connectivity index (χ3v) is 6.46. The summed E-state index contributed by atoms with van der Waals surface area (Å²) in [5, 5.41) is 13.0. The number of nitrogens with zero attached hydrogens (tertiary/aromatic N) is 1. The Bertz CT molecular complexity index is 923. The number of aryl methyl sites for hydroxylation is 1. The Morgan fingerprint density at radius 2 is 1.88 bits per heavy atom. The molecule has 0 radical (unpaired) electrons. The smallest absolute Gasteiger partial charge is 0.243 e. The molecule has 0 aromatic heterocycles. The SMILES string of the molecule is CC(=O)Nc1ccc(C2CCCN2S(=O)(=O)c2ccc(C)cc2)c(O)c1. The van der Waals surface area contributed by atoms with E-state index in [4.69, 9.17) is 0 Å². The lowest BCUT2D eigenvalue weighted by Crippen LogP contribution is -2.30. The minimum atomic E-state index is -3.65. The van der Waals surface area contributed by atoms with Crippen molar-refractivity contribution in [2.24, 2.45) is 0 Å². The fourth-order valence-electron chi connectivity index (χ4n) is 3.29. The number of anilines is 1. The van der Waals surface area contributed by atoms with E-state index in [0.717, 1.165) is 12.0 Å². The molecule has 7 heteroatoms. The molecule has 1 atom stereocenters. The van der Waals surface area contributed by atoms with E-state index in [2.05, 4.69) is 5.32 Å². The average molecular weight is 374 g/mol. The molecular weight excluding hydrogens is 352 g/mol. The molecule has 2 N–H and O–H groups in total. The van der Waals surface area contributed by atoms with E-state index >= 15 is 0 Å². The zero-order chi connectivity index (χ0) is 18.9. The molecule has 0 saturated carbocycles. The quantitative estimate of drug-likeness (QED) is 0.860. The molecule has 1 saturated heterocycles. The number of carbonyl (C=O) groups excluding carboxylic acids is 1. The highest BCUT2D eigenvalue weighted by molar-refractivity contribution is 7.89. The van der Waals surface area contributed by atoms with Crippen LogP contribution in [-0.4, -0.2) is 30.3 Å². The summed E-state index contributed by atoms with van der Waals surface area (Å²) in [7, 11) is -3.65. The zero-order valence-electron chi connectivity index (χ0n) is 14.8. The number of aromatic hydroxyl groups is 1. The fraction of sp³-hybridized carbons (Fsp3) is 0.316. The zero-order valence-corrected chi connectivity index (χ0v) is 15.6. The molecule has 1 heterocycles. The Kier molecular flexibility index (Phi) is 5.02. The summed E-state index contributed by atoms with van der Waals surface area (Å²) in [5.41, 5.74) is 2.02. The van der Waals surface area contributed by atoms with Crippen molar-refractivity contribution in [3.63, 3.8) is 0 Å². The molecule has 6 nitrogen and oxygen atoms in total. The Hall–Kier alpha value is -2.38. The molecule has 1 amide bonds. The van der Waals surface area contributed by atoms with Gasteiger partial charge in [0.25, 0.3) is 0 Å². The maximum absolute atomic E-state index is 13.0. The van der Waals surface area contributed by atoms with Crippen LogP contribution < -0.4 is 5.32 Å². The highest BCUT2D eigenvalue weighted by Gasteiger charge is 2.37. The van der Waals surface area contributed by atoms with Crippen LogP contribution in [0, 0.1) is 6.92 Å². The van der Waals surface area contributed by atoms with Crippen LogP contribution >= 0.6 is 0 Å². The Balaban J connectivity index is 1.93. The van der Waals surface area contributed by atoms with Crippen molar-refractivity contribution in [3.05, 3.63) is 53.6 Å². The number of carbonyl (C=O) groups is 1. The van der Waals surface area contributed by atoms with Gasteiger partial charge in [-0.05, 0) is 38.0 Å². The Labute approximate surface area is 153 Å². The van der Waals surface area contributed by atoms with Crippen LogP contribution in [0.3, 0.4) is 0 Å². The lowest BCUT2D eigenvalue weighted by molar-refractivity contribution is -0.114. The minimum absolute atomic E-state index is 0.0211. The van der Waals surface area contributed by atoms with Gasteiger partial charge in [0.2, 0.25) is 15.9 Å². The molecule has 138 valence electrons. The van der Waals surface area contributed by atoms with Gasteiger partial charge in [0.1, 0.15) is 5.75 Å². The predicted octanol–water partition coefficient (Wildman–Crippen LogP) is 3.18. The van der Waals surface area contributed by atoms with Crippen molar-refractivity contribution in [2.45, 2.75) is 37.6 Å². The second kappa shape index (κ2) is 7.09. The van der Waals surface area contributed by atoms with Crippen molar-refractivity contribution < 1.29 is 18.3 Å². The average Bonchev–Trinajstić information content (AvgIpc) is 3.05. The van der Waals surface area contributed by atoms with Gasteiger partial charge in [-0.1, -0.05) is 23.8 Å². The van der Waals surface area contributed by atoms with Crippen LogP contribution in [0.4, 0.5) is 5.69 Å². The normalized spacial score (nSPS) is 18.0. The van der Waals surface area contributed by atoms with Gasteiger partial charge in [0.05, 0.1) is 10.9 Å². The third-order valence-electron chi connectivity index (χ3n) is 4.54. The number of phenolic OH excluding ortho intramolecular Hbond substituents is 1. The molecule has 1 aliphatic rings. The highest BCUT2D eigenvalue weighted by Crippen LogP contribution is 2.40. The molecule has 2 aromatic rings. The van der Waals surface area contributed by atoms with Crippen LogP contribution in [-0.2, 0) is 14.8 Å². The summed E-state index contributed by atoms with van der Waals surface area (Å²) in [6, 6.07) is 11.1. The third kappa shape index (κ3) is 3.59. The maximum Gasteiger partial charge on any atom is 0.243 e.